The van der Waals surface area contributed by atoms with Crippen LogP contribution in [0.15, 0.2) is 21.0 Å². The van der Waals surface area contributed by atoms with Gasteiger partial charge in [0, 0.05) is 6.07 Å². The quantitative estimate of drug-likeness (QED) is 0.851. The Morgan fingerprint density at radius 3 is 2.67 bits per heavy atom. The summed E-state index contributed by atoms with van der Waals surface area (Å²) in [6.45, 7) is 1.66. The summed E-state index contributed by atoms with van der Waals surface area (Å²) < 4.78 is 31.9. The summed E-state index contributed by atoms with van der Waals surface area (Å²) in [6, 6.07) is 1.50. The molecule has 1 aromatic carbocycles. The van der Waals surface area contributed by atoms with Gasteiger partial charge in [0.2, 0.25) is 5.89 Å². The van der Waals surface area contributed by atoms with Gasteiger partial charge in [0.25, 0.3) is 0 Å². The molecule has 0 fully saturated rings. The zero-order valence-electron chi connectivity index (χ0n) is 9.25. The highest BCUT2D eigenvalue weighted by molar-refractivity contribution is 9.10. The molecule has 0 amide bonds. The predicted molar refractivity (Wildman–Crippen MR) is 64.2 cm³/mol. The van der Waals surface area contributed by atoms with Gasteiger partial charge in [0.15, 0.2) is 0 Å². The van der Waals surface area contributed by atoms with E-state index in [9.17, 15) is 8.78 Å². The van der Waals surface area contributed by atoms with Gasteiger partial charge in [-0.2, -0.15) is 0 Å². The number of halogens is 3. The summed E-state index contributed by atoms with van der Waals surface area (Å²) >= 11 is 2.88. The molecule has 2 rings (SSSR count). The SMILES string of the molecule is CC(N)c1nnc(Nc2cc(F)c(Br)cc2F)o1. The van der Waals surface area contributed by atoms with Crippen LogP contribution >= 0.6 is 15.9 Å². The molecule has 3 N–H and O–H groups in total. The first kappa shape index (κ1) is 12.9. The van der Waals surface area contributed by atoms with Crippen molar-refractivity contribution in [3.05, 3.63) is 34.1 Å². The van der Waals surface area contributed by atoms with Crippen molar-refractivity contribution in [2.24, 2.45) is 5.73 Å². The average molecular weight is 319 g/mol. The number of benzene rings is 1. The molecule has 0 spiro atoms. The Balaban J connectivity index is 2.25. The predicted octanol–water partition coefficient (Wildman–Crippen LogP) is 2.87. The van der Waals surface area contributed by atoms with E-state index in [0.717, 1.165) is 12.1 Å². The van der Waals surface area contributed by atoms with Gasteiger partial charge in [0.05, 0.1) is 16.2 Å². The minimum Gasteiger partial charge on any atom is -0.406 e. The fourth-order valence-electron chi connectivity index (χ4n) is 1.20. The highest BCUT2D eigenvalue weighted by Gasteiger charge is 2.13. The smallest absolute Gasteiger partial charge is 0.320 e. The number of rotatable bonds is 3. The van der Waals surface area contributed by atoms with E-state index >= 15 is 0 Å². The average Bonchev–Trinajstić information content (AvgIpc) is 2.74. The van der Waals surface area contributed by atoms with Crippen LogP contribution in [0.3, 0.4) is 0 Å². The lowest BCUT2D eigenvalue weighted by Gasteiger charge is -2.04. The van der Waals surface area contributed by atoms with Gasteiger partial charge in [-0.05, 0) is 28.9 Å². The third-order valence-corrected chi connectivity index (χ3v) is 2.69. The van der Waals surface area contributed by atoms with Crippen LogP contribution in [-0.2, 0) is 0 Å². The standard InChI is InChI=1S/C10H9BrF2N4O/c1-4(14)9-16-17-10(18-9)15-8-3-6(12)5(11)2-7(8)13/h2-4H,14H2,1H3,(H,15,17). The molecule has 18 heavy (non-hydrogen) atoms. The number of aromatic nitrogens is 2. The molecule has 2 aromatic rings. The molecular weight excluding hydrogens is 310 g/mol. The third-order valence-electron chi connectivity index (χ3n) is 2.08. The van der Waals surface area contributed by atoms with Gasteiger partial charge in [0.1, 0.15) is 11.6 Å². The zero-order valence-corrected chi connectivity index (χ0v) is 10.8. The Morgan fingerprint density at radius 1 is 1.33 bits per heavy atom. The van der Waals surface area contributed by atoms with Gasteiger partial charge < -0.3 is 15.5 Å². The van der Waals surface area contributed by atoms with Crippen molar-refractivity contribution in [2.45, 2.75) is 13.0 Å². The van der Waals surface area contributed by atoms with E-state index in [0.29, 0.717) is 0 Å². The van der Waals surface area contributed by atoms with Gasteiger partial charge in [-0.3, -0.25) is 0 Å². The molecular formula is C10H9BrF2N4O. The van der Waals surface area contributed by atoms with Gasteiger partial charge >= 0.3 is 6.01 Å². The Labute approximate surface area is 110 Å². The first-order valence-corrected chi connectivity index (χ1v) is 5.77. The lowest BCUT2D eigenvalue weighted by atomic mass is 10.3. The Bertz CT molecular complexity index is 573. The molecule has 0 radical (unpaired) electrons. The van der Waals surface area contributed by atoms with Crippen LogP contribution < -0.4 is 11.1 Å². The summed E-state index contributed by atoms with van der Waals surface area (Å²) in [5.74, 6) is -1.05. The van der Waals surface area contributed by atoms with E-state index in [-0.39, 0.29) is 22.1 Å². The van der Waals surface area contributed by atoms with Crippen LogP contribution in [0.5, 0.6) is 0 Å². The van der Waals surface area contributed by atoms with Gasteiger partial charge in [-0.1, -0.05) is 5.10 Å². The highest BCUT2D eigenvalue weighted by Crippen LogP contribution is 2.25. The molecule has 96 valence electrons. The number of anilines is 2. The lowest BCUT2D eigenvalue weighted by Crippen LogP contribution is -2.04. The van der Waals surface area contributed by atoms with E-state index in [1.807, 2.05) is 0 Å². The molecule has 0 saturated heterocycles. The van der Waals surface area contributed by atoms with E-state index in [1.54, 1.807) is 6.92 Å². The Hall–Kier alpha value is -1.54. The minimum atomic E-state index is -0.649. The summed E-state index contributed by atoms with van der Waals surface area (Å²) in [5, 5.41) is 9.75. The maximum atomic E-state index is 13.5. The van der Waals surface area contributed by atoms with Crippen molar-refractivity contribution in [3.8, 4) is 0 Å². The molecule has 8 heteroatoms. The van der Waals surface area contributed by atoms with Crippen molar-refractivity contribution in [2.75, 3.05) is 5.32 Å². The van der Waals surface area contributed by atoms with Crippen molar-refractivity contribution in [1.29, 1.82) is 0 Å². The fraction of sp³-hybridized carbons (Fsp3) is 0.200. The summed E-state index contributed by atoms with van der Waals surface area (Å²) in [5.41, 5.74) is 5.43. The van der Waals surface area contributed by atoms with Gasteiger partial charge in [-0.25, -0.2) is 8.78 Å². The van der Waals surface area contributed by atoms with Crippen LogP contribution in [0, 0.1) is 11.6 Å². The zero-order chi connectivity index (χ0) is 13.3. The minimum absolute atomic E-state index is 0.0346. The largest absolute Gasteiger partial charge is 0.406 e. The number of nitrogens with two attached hydrogens (primary N) is 1. The molecule has 5 nitrogen and oxygen atoms in total. The molecule has 0 aliphatic rings. The summed E-state index contributed by atoms with van der Waals surface area (Å²) in [4.78, 5) is 0. The fourth-order valence-corrected chi connectivity index (χ4v) is 1.52. The highest BCUT2D eigenvalue weighted by atomic mass is 79.9. The number of hydrogen-bond acceptors (Lipinski definition) is 5. The number of nitrogens with one attached hydrogen (secondary N) is 1. The van der Waals surface area contributed by atoms with Crippen molar-refractivity contribution in [3.63, 3.8) is 0 Å². The second-order valence-corrected chi connectivity index (χ2v) is 4.46. The summed E-state index contributed by atoms with van der Waals surface area (Å²) in [6.07, 6.45) is 0. The monoisotopic (exact) mass is 318 g/mol. The molecule has 1 atom stereocenters. The summed E-state index contributed by atoms with van der Waals surface area (Å²) in [7, 11) is 0. The van der Waals surface area contributed by atoms with E-state index < -0.39 is 17.7 Å². The normalized spacial score (nSPS) is 12.5. The van der Waals surface area contributed by atoms with Crippen LogP contribution in [0.4, 0.5) is 20.5 Å². The molecule has 1 heterocycles. The molecule has 0 saturated carbocycles. The van der Waals surface area contributed by atoms with E-state index in [2.05, 4.69) is 31.4 Å². The Kier molecular flexibility index (Phi) is 3.58. The maximum absolute atomic E-state index is 13.5. The second-order valence-electron chi connectivity index (χ2n) is 3.61. The molecule has 0 aliphatic carbocycles. The number of hydrogen-bond donors (Lipinski definition) is 2. The van der Waals surface area contributed by atoms with Crippen LogP contribution in [0.1, 0.15) is 18.9 Å². The first-order chi connectivity index (χ1) is 8.47. The van der Waals surface area contributed by atoms with Crippen LogP contribution in [0.2, 0.25) is 0 Å². The van der Waals surface area contributed by atoms with Crippen LogP contribution in [0.25, 0.3) is 0 Å². The maximum Gasteiger partial charge on any atom is 0.320 e. The van der Waals surface area contributed by atoms with E-state index in [1.165, 1.54) is 0 Å². The van der Waals surface area contributed by atoms with Crippen molar-refractivity contribution in [1.82, 2.24) is 10.2 Å². The second kappa shape index (κ2) is 4.99. The molecule has 0 aliphatic heterocycles. The van der Waals surface area contributed by atoms with Gasteiger partial charge in [-0.15, -0.1) is 5.10 Å². The van der Waals surface area contributed by atoms with Crippen molar-refractivity contribution < 1.29 is 13.2 Å². The van der Waals surface area contributed by atoms with Crippen molar-refractivity contribution >= 4 is 27.6 Å². The molecule has 1 unspecified atom stereocenters. The third kappa shape index (κ3) is 2.65. The van der Waals surface area contributed by atoms with E-state index in [4.69, 9.17) is 10.2 Å². The number of nitrogens with zero attached hydrogens (tertiary/aromatic N) is 2. The topological polar surface area (TPSA) is 77.0 Å². The molecule has 0 bridgehead atoms. The Morgan fingerprint density at radius 2 is 2.06 bits per heavy atom. The lowest BCUT2D eigenvalue weighted by molar-refractivity contribution is 0.475. The van der Waals surface area contributed by atoms with Crippen LogP contribution in [-0.4, -0.2) is 10.2 Å². The first-order valence-electron chi connectivity index (χ1n) is 4.98. The molecule has 1 aromatic heterocycles.